The smallest absolute Gasteiger partial charge is 0.341 e. The van der Waals surface area contributed by atoms with Crippen molar-refractivity contribution in [2.45, 2.75) is 66.8 Å². The van der Waals surface area contributed by atoms with Gasteiger partial charge in [0.2, 0.25) is 0 Å². The molecule has 1 saturated carbocycles. The zero-order chi connectivity index (χ0) is 20.0. The van der Waals surface area contributed by atoms with Gasteiger partial charge in [0.1, 0.15) is 5.00 Å². The highest BCUT2D eigenvalue weighted by molar-refractivity contribution is 7.16. The number of nitrogens with one attached hydrogen (secondary N) is 2. The van der Waals surface area contributed by atoms with E-state index in [-0.39, 0.29) is 11.9 Å². The quantitative estimate of drug-likeness (QED) is 0.756. The van der Waals surface area contributed by atoms with Crippen LogP contribution in [0.4, 0.5) is 5.00 Å². The van der Waals surface area contributed by atoms with E-state index < -0.39 is 0 Å². The van der Waals surface area contributed by atoms with Crippen LogP contribution in [0.5, 0.6) is 0 Å². The molecular weight excluding hydrogens is 360 g/mol. The molecule has 2 fully saturated rings. The molecular formula is C21H33N2O3S+. The summed E-state index contributed by atoms with van der Waals surface area (Å²) >= 11 is 1.46. The third kappa shape index (κ3) is 4.21. The summed E-state index contributed by atoms with van der Waals surface area (Å²) in [6.45, 7) is 14.6. The molecule has 2 N–H and O–H groups in total. The second kappa shape index (κ2) is 7.21. The lowest BCUT2D eigenvalue weighted by molar-refractivity contribution is -0.906. The summed E-state index contributed by atoms with van der Waals surface area (Å²) in [6.07, 6.45) is 3.62. The molecule has 0 radical (unpaired) electrons. The molecule has 2 aliphatic rings. The van der Waals surface area contributed by atoms with E-state index in [4.69, 9.17) is 4.74 Å². The number of ether oxygens (including phenoxy) is 1. The molecule has 1 aromatic rings. The van der Waals surface area contributed by atoms with Gasteiger partial charge in [0.15, 0.2) is 6.54 Å². The number of fused-ring (bicyclic) bond motifs is 2. The lowest BCUT2D eigenvalue weighted by atomic mass is 9.65. The molecule has 1 amide bonds. The first-order chi connectivity index (χ1) is 12.5. The number of anilines is 1. The summed E-state index contributed by atoms with van der Waals surface area (Å²) in [4.78, 5) is 27.5. The minimum absolute atomic E-state index is 0.00856. The van der Waals surface area contributed by atoms with Crippen LogP contribution in [0.25, 0.3) is 0 Å². The monoisotopic (exact) mass is 393 g/mol. The Morgan fingerprint density at radius 1 is 1.26 bits per heavy atom. The standard InChI is InChI=1S/C21H32N2O3S/c1-7-26-19(25)17-13(2)14(3)27-18(17)22-16(24)10-23-12-21(6)9-15(23)8-20(4,5)11-21/h15H,7-12H2,1-6H3,(H,22,24)/p+1/t15-,21+/m1/s1. The highest BCUT2D eigenvalue weighted by Gasteiger charge is 2.53. The van der Waals surface area contributed by atoms with E-state index in [9.17, 15) is 9.59 Å². The molecule has 1 aromatic heterocycles. The number of hydrogen-bond donors (Lipinski definition) is 2. The maximum atomic E-state index is 12.8. The predicted octanol–water partition coefficient (Wildman–Crippen LogP) is 2.96. The molecule has 3 rings (SSSR count). The molecule has 1 aliphatic heterocycles. The highest BCUT2D eigenvalue weighted by atomic mass is 32.1. The number of rotatable bonds is 5. The third-order valence-corrected chi connectivity index (χ3v) is 7.30. The van der Waals surface area contributed by atoms with E-state index >= 15 is 0 Å². The second-order valence-electron chi connectivity index (χ2n) is 9.52. The Morgan fingerprint density at radius 3 is 2.63 bits per heavy atom. The molecule has 0 spiro atoms. The molecule has 2 bridgehead atoms. The molecule has 1 saturated heterocycles. The Bertz CT molecular complexity index is 755. The van der Waals surface area contributed by atoms with Crippen LogP contribution in [0.3, 0.4) is 0 Å². The van der Waals surface area contributed by atoms with Gasteiger partial charge in [-0.15, -0.1) is 11.3 Å². The molecule has 5 nitrogen and oxygen atoms in total. The molecule has 0 aromatic carbocycles. The number of aryl methyl sites for hydroxylation is 1. The molecule has 3 atom stereocenters. The first kappa shape index (κ1) is 20.3. The topological polar surface area (TPSA) is 59.8 Å². The van der Waals surface area contributed by atoms with Gasteiger partial charge in [0.25, 0.3) is 5.91 Å². The van der Waals surface area contributed by atoms with Crippen molar-refractivity contribution in [3.63, 3.8) is 0 Å². The van der Waals surface area contributed by atoms with Gasteiger partial charge in [-0.2, -0.15) is 0 Å². The Morgan fingerprint density at radius 2 is 1.96 bits per heavy atom. The highest BCUT2D eigenvalue weighted by Crippen LogP contribution is 2.47. The lowest BCUT2D eigenvalue weighted by Crippen LogP contribution is -3.15. The first-order valence-electron chi connectivity index (χ1n) is 9.95. The van der Waals surface area contributed by atoms with Gasteiger partial charge >= 0.3 is 5.97 Å². The summed E-state index contributed by atoms with van der Waals surface area (Å²) in [6, 6.07) is 0.556. The number of likely N-dealkylation sites (tertiary alicyclic amines) is 1. The summed E-state index contributed by atoms with van der Waals surface area (Å²) in [5.41, 5.74) is 2.10. The summed E-state index contributed by atoms with van der Waals surface area (Å²) < 4.78 is 5.18. The number of quaternary nitrogens is 1. The summed E-state index contributed by atoms with van der Waals surface area (Å²) in [5.74, 6) is -0.362. The Hall–Kier alpha value is -1.40. The van der Waals surface area contributed by atoms with Crippen LogP contribution in [0.15, 0.2) is 0 Å². The van der Waals surface area contributed by atoms with E-state index in [0.717, 1.165) is 17.0 Å². The van der Waals surface area contributed by atoms with E-state index in [2.05, 4.69) is 26.1 Å². The van der Waals surface area contributed by atoms with Crippen molar-refractivity contribution in [3.8, 4) is 0 Å². The number of esters is 1. The van der Waals surface area contributed by atoms with E-state index in [1.165, 1.54) is 35.5 Å². The number of hydrogen-bond acceptors (Lipinski definition) is 4. The number of carbonyl (C=O) groups excluding carboxylic acids is 2. The summed E-state index contributed by atoms with van der Waals surface area (Å²) in [5, 5.41) is 3.64. The molecule has 1 unspecified atom stereocenters. The van der Waals surface area contributed by atoms with Crippen molar-refractivity contribution in [2.24, 2.45) is 10.8 Å². The van der Waals surface area contributed by atoms with Gasteiger partial charge in [-0.05, 0) is 38.2 Å². The van der Waals surface area contributed by atoms with E-state index in [1.54, 1.807) is 6.92 Å². The fourth-order valence-electron chi connectivity index (χ4n) is 5.50. The largest absolute Gasteiger partial charge is 0.462 e. The van der Waals surface area contributed by atoms with E-state index in [1.807, 2.05) is 13.8 Å². The summed E-state index contributed by atoms with van der Waals surface area (Å²) in [7, 11) is 0. The van der Waals surface area contributed by atoms with Gasteiger partial charge in [0, 0.05) is 23.1 Å². The van der Waals surface area contributed by atoms with Crippen molar-refractivity contribution < 1.29 is 19.2 Å². The number of carbonyl (C=O) groups is 2. The van der Waals surface area contributed by atoms with Crippen LogP contribution >= 0.6 is 11.3 Å². The Labute approximate surface area is 166 Å². The molecule has 6 heteroatoms. The van der Waals surface area contributed by atoms with Gasteiger partial charge in [-0.25, -0.2) is 4.79 Å². The number of amides is 1. The van der Waals surface area contributed by atoms with E-state index in [0.29, 0.717) is 40.6 Å². The van der Waals surface area contributed by atoms with Gasteiger partial charge in [0.05, 0.1) is 24.8 Å². The second-order valence-corrected chi connectivity index (χ2v) is 10.7. The van der Waals surface area contributed by atoms with Gasteiger partial charge in [-0.1, -0.05) is 20.8 Å². The SMILES string of the molecule is CCOC(=O)c1c(NC(=O)C[NH+]2C[C@@]3(C)C[C@H]2CC(C)(C)C3)sc(C)c1C. The van der Waals surface area contributed by atoms with Crippen LogP contribution in [-0.2, 0) is 9.53 Å². The first-order valence-corrected chi connectivity index (χ1v) is 10.8. The average Bonchev–Trinajstić information content (AvgIpc) is 2.91. The molecule has 2 heterocycles. The van der Waals surface area contributed by atoms with Crippen molar-refractivity contribution >= 4 is 28.2 Å². The zero-order valence-electron chi connectivity index (χ0n) is 17.5. The van der Waals surface area contributed by atoms with Gasteiger partial charge in [-0.3, -0.25) is 4.79 Å². The Balaban J connectivity index is 1.71. The fourth-order valence-corrected chi connectivity index (χ4v) is 6.56. The zero-order valence-corrected chi connectivity index (χ0v) is 18.3. The normalized spacial score (nSPS) is 28.8. The Kier molecular flexibility index (Phi) is 5.43. The third-order valence-electron chi connectivity index (χ3n) is 6.18. The van der Waals surface area contributed by atoms with Gasteiger partial charge < -0.3 is 15.0 Å². The van der Waals surface area contributed by atoms with Crippen molar-refractivity contribution in [2.75, 3.05) is 25.0 Å². The molecule has 150 valence electrons. The molecule has 27 heavy (non-hydrogen) atoms. The van der Waals surface area contributed by atoms with Crippen molar-refractivity contribution in [3.05, 3.63) is 16.0 Å². The minimum Gasteiger partial charge on any atom is -0.462 e. The van der Waals surface area contributed by atoms with Crippen molar-refractivity contribution in [1.29, 1.82) is 0 Å². The maximum Gasteiger partial charge on any atom is 0.341 e. The minimum atomic E-state index is -0.353. The maximum absolute atomic E-state index is 12.8. The predicted molar refractivity (Wildman–Crippen MR) is 109 cm³/mol. The molecule has 1 aliphatic carbocycles. The van der Waals surface area contributed by atoms with Crippen LogP contribution in [0, 0.1) is 24.7 Å². The fraction of sp³-hybridized carbons (Fsp3) is 0.714. The average molecular weight is 394 g/mol. The van der Waals surface area contributed by atoms with Crippen LogP contribution in [0.2, 0.25) is 0 Å². The van der Waals surface area contributed by atoms with Crippen molar-refractivity contribution in [1.82, 2.24) is 0 Å². The lowest BCUT2D eigenvalue weighted by Gasteiger charge is -2.37. The van der Waals surface area contributed by atoms with Crippen LogP contribution in [0.1, 0.15) is 67.8 Å². The van der Waals surface area contributed by atoms with Crippen LogP contribution < -0.4 is 10.2 Å². The number of thiophene rings is 1. The van der Waals surface area contributed by atoms with Crippen LogP contribution in [-0.4, -0.2) is 37.6 Å².